The summed E-state index contributed by atoms with van der Waals surface area (Å²) in [5.41, 5.74) is 6.41. The molecule has 4 nitrogen and oxygen atoms in total. The van der Waals surface area contributed by atoms with Gasteiger partial charge in [-0.3, -0.25) is 5.41 Å². The molecule has 88 valence electrons. The van der Waals surface area contributed by atoms with Crippen molar-refractivity contribution in [1.82, 2.24) is 9.78 Å². The SMILES string of the molecule is Cc1nn(-c2cccc(F)c2C(=N)N)cc1Cl. The molecule has 17 heavy (non-hydrogen) atoms. The fraction of sp³-hybridized carbons (Fsp3) is 0.0909. The third-order valence-electron chi connectivity index (χ3n) is 2.35. The van der Waals surface area contributed by atoms with Crippen molar-refractivity contribution in [2.75, 3.05) is 0 Å². The van der Waals surface area contributed by atoms with E-state index in [9.17, 15) is 4.39 Å². The summed E-state index contributed by atoms with van der Waals surface area (Å²) >= 11 is 5.89. The number of halogens is 2. The maximum Gasteiger partial charge on any atom is 0.136 e. The normalized spacial score (nSPS) is 10.5. The van der Waals surface area contributed by atoms with Crippen molar-refractivity contribution in [3.05, 3.63) is 46.5 Å². The Labute approximate surface area is 102 Å². The molecule has 1 heterocycles. The molecular formula is C11H10ClFN4. The predicted molar refractivity (Wildman–Crippen MR) is 64.3 cm³/mol. The zero-order valence-electron chi connectivity index (χ0n) is 9.04. The van der Waals surface area contributed by atoms with E-state index in [4.69, 9.17) is 22.7 Å². The molecule has 0 saturated carbocycles. The molecule has 0 aliphatic rings. The van der Waals surface area contributed by atoms with Crippen molar-refractivity contribution in [3.8, 4) is 5.69 Å². The van der Waals surface area contributed by atoms with Crippen molar-refractivity contribution in [1.29, 1.82) is 5.41 Å². The smallest absolute Gasteiger partial charge is 0.136 e. The highest BCUT2D eigenvalue weighted by atomic mass is 35.5. The Bertz CT molecular complexity index is 572. The molecule has 0 amide bonds. The molecule has 2 rings (SSSR count). The van der Waals surface area contributed by atoms with E-state index < -0.39 is 5.82 Å². The van der Waals surface area contributed by atoms with Crippen LogP contribution in [0.5, 0.6) is 0 Å². The minimum atomic E-state index is -0.556. The minimum absolute atomic E-state index is 0.0201. The van der Waals surface area contributed by atoms with Crippen LogP contribution >= 0.6 is 11.6 Å². The number of aromatic nitrogens is 2. The van der Waals surface area contributed by atoms with Crippen LogP contribution in [0, 0.1) is 18.2 Å². The lowest BCUT2D eigenvalue weighted by atomic mass is 10.1. The van der Waals surface area contributed by atoms with Gasteiger partial charge in [0.15, 0.2) is 0 Å². The topological polar surface area (TPSA) is 67.7 Å². The van der Waals surface area contributed by atoms with Crippen LogP contribution in [0.25, 0.3) is 5.69 Å². The Morgan fingerprint density at radius 3 is 2.76 bits per heavy atom. The number of nitrogen functional groups attached to an aromatic ring is 1. The molecule has 0 aliphatic heterocycles. The lowest BCUT2D eigenvalue weighted by Gasteiger charge is -2.08. The molecule has 0 bridgehead atoms. The molecule has 1 aromatic carbocycles. The summed E-state index contributed by atoms with van der Waals surface area (Å²) in [5, 5.41) is 12.0. The quantitative estimate of drug-likeness (QED) is 0.636. The number of benzene rings is 1. The third-order valence-corrected chi connectivity index (χ3v) is 2.72. The van der Waals surface area contributed by atoms with Crippen LogP contribution in [0.15, 0.2) is 24.4 Å². The van der Waals surface area contributed by atoms with Crippen LogP contribution < -0.4 is 5.73 Å². The highest BCUT2D eigenvalue weighted by Crippen LogP contribution is 2.20. The number of amidine groups is 1. The molecule has 0 saturated heterocycles. The zero-order valence-corrected chi connectivity index (χ0v) is 9.79. The van der Waals surface area contributed by atoms with Gasteiger partial charge >= 0.3 is 0 Å². The van der Waals surface area contributed by atoms with Gasteiger partial charge in [-0.2, -0.15) is 5.10 Å². The van der Waals surface area contributed by atoms with Crippen LogP contribution in [0.3, 0.4) is 0 Å². The van der Waals surface area contributed by atoms with Crippen LogP contribution in [-0.4, -0.2) is 15.6 Å². The molecule has 0 radical (unpaired) electrons. The molecule has 0 atom stereocenters. The van der Waals surface area contributed by atoms with Gasteiger partial charge in [-0.25, -0.2) is 9.07 Å². The fourth-order valence-corrected chi connectivity index (χ4v) is 1.66. The Morgan fingerprint density at radius 1 is 1.53 bits per heavy atom. The summed E-state index contributed by atoms with van der Waals surface area (Å²) in [7, 11) is 0. The highest BCUT2D eigenvalue weighted by molar-refractivity contribution is 6.31. The second kappa shape index (κ2) is 4.18. The van der Waals surface area contributed by atoms with Gasteiger partial charge in [0.25, 0.3) is 0 Å². The van der Waals surface area contributed by atoms with Gasteiger partial charge in [0, 0.05) is 6.20 Å². The van der Waals surface area contributed by atoms with Gasteiger partial charge in [0.1, 0.15) is 11.7 Å². The van der Waals surface area contributed by atoms with Crippen LogP contribution in [0.4, 0.5) is 4.39 Å². The van der Waals surface area contributed by atoms with E-state index in [1.165, 1.54) is 16.8 Å². The number of aryl methyl sites for hydroxylation is 1. The van der Waals surface area contributed by atoms with E-state index in [1.54, 1.807) is 19.2 Å². The van der Waals surface area contributed by atoms with Crippen molar-refractivity contribution >= 4 is 17.4 Å². The molecule has 1 aromatic heterocycles. The zero-order chi connectivity index (χ0) is 12.6. The fourth-order valence-electron chi connectivity index (χ4n) is 1.53. The standard InChI is InChI=1S/C11H10ClFN4/c1-6-7(12)5-17(16-6)9-4-2-3-8(13)10(9)11(14)15/h2-5H,1H3,(H3,14,15). The summed E-state index contributed by atoms with van der Waals surface area (Å²) in [6.07, 6.45) is 1.55. The monoisotopic (exact) mass is 252 g/mol. The first-order valence-electron chi connectivity index (χ1n) is 4.85. The highest BCUT2D eigenvalue weighted by Gasteiger charge is 2.14. The van der Waals surface area contributed by atoms with Gasteiger partial charge in [-0.05, 0) is 19.1 Å². The lowest BCUT2D eigenvalue weighted by Crippen LogP contribution is -2.17. The largest absolute Gasteiger partial charge is 0.384 e. The average molecular weight is 253 g/mol. The van der Waals surface area contributed by atoms with Gasteiger partial charge in [-0.15, -0.1) is 0 Å². The number of nitrogens with two attached hydrogens (primary N) is 1. The van der Waals surface area contributed by atoms with Crippen LogP contribution in [0.1, 0.15) is 11.3 Å². The number of nitrogens with one attached hydrogen (secondary N) is 1. The maximum atomic E-state index is 13.6. The number of rotatable bonds is 2. The van der Waals surface area contributed by atoms with E-state index in [2.05, 4.69) is 5.10 Å². The van der Waals surface area contributed by atoms with E-state index in [-0.39, 0.29) is 11.4 Å². The molecule has 3 N–H and O–H groups in total. The average Bonchev–Trinajstić information content (AvgIpc) is 2.58. The van der Waals surface area contributed by atoms with Crippen molar-refractivity contribution in [2.45, 2.75) is 6.92 Å². The maximum absolute atomic E-state index is 13.6. The number of hydrogen-bond donors (Lipinski definition) is 2. The molecule has 6 heteroatoms. The van der Waals surface area contributed by atoms with Gasteiger partial charge < -0.3 is 5.73 Å². The van der Waals surface area contributed by atoms with Crippen LogP contribution in [-0.2, 0) is 0 Å². The number of nitrogens with zero attached hydrogens (tertiary/aromatic N) is 2. The Kier molecular flexibility index (Phi) is 2.85. The second-order valence-corrected chi connectivity index (χ2v) is 3.96. The summed E-state index contributed by atoms with van der Waals surface area (Å²) in [5.74, 6) is -0.901. The first-order valence-corrected chi connectivity index (χ1v) is 5.23. The summed E-state index contributed by atoms with van der Waals surface area (Å²) in [6, 6.07) is 4.41. The Hall–Kier alpha value is -1.88. The molecular weight excluding hydrogens is 243 g/mol. The first kappa shape index (κ1) is 11.6. The van der Waals surface area contributed by atoms with Crippen molar-refractivity contribution in [2.24, 2.45) is 5.73 Å². The summed E-state index contributed by atoms with van der Waals surface area (Å²) in [6.45, 7) is 1.74. The number of hydrogen-bond acceptors (Lipinski definition) is 2. The van der Waals surface area contributed by atoms with Crippen LogP contribution in [0.2, 0.25) is 5.02 Å². The van der Waals surface area contributed by atoms with Crippen molar-refractivity contribution < 1.29 is 4.39 Å². The minimum Gasteiger partial charge on any atom is -0.384 e. The molecule has 0 spiro atoms. The predicted octanol–water partition coefficient (Wildman–Crippen LogP) is 2.26. The van der Waals surface area contributed by atoms with Crippen molar-refractivity contribution in [3.63, 3.8) is 0 Å². The Morgan fingerprint density at radius 2 is 2.24 bits per heavy atom. The summed E-state index contributed by atoms with van der Waals surface area (Å²) in [4.78, 5) is 0. The van der Waals surface area contributed by atoms with Gasteiger partial charge in [0.2, 0.25) is 0 Å². The van der Waals surface area contributed by atoms with Gasteiger partial charge in [-0.1, -0.05) is 17.7 Å². The Balaban J connectivity index is 2.67. The van der Waals surface area contributed by atoms with Gasteiger partial charge in [0.05, 0.1) is 22.0 Å². The first-order chi connectivity index (χ1) is 8.00. The van der Waals surface area contributed by atoms with E-state index in [1.807, 2.05) is 0 Å². The molecule has 0 aliphatic carbocycles. The van der Waals surface area contributed by atoms with E-state index in [0.717, 1.165) is 0 Å². The second-order valence-electron chi connectivity index (χ2n) is 3.55. The molecule has 0 unspecified atom stereocenters. The lowest BCUT2D eigenvalue weighted by molar-refractivity contribution is 0.622. The molecule has 0 fully saturated rings. The molecule has 2 aromatic rings. The summed E-state index contributed by atoms with van der Waals surface area (Å²) < 4.78 is 15.0. The van der Waals surface area contributed by atoms with E-state index >= 15 is 0 Å². The van der Waals surface area contributed by atoms with E-state index in [0.29, 0.717) is 16.4 Å². The third kappa shape index (κ3) is 2.01.